The minimum Gasteiger partial charge on any atom is -0.481 e. The third-order valence-electron chi connectivity index (χ3n) is 1.63. The molecule has 1 amide bonds. The molecule has 5 heteroatoms. The van der Waals surface area contributed by atoms with Crippen LogP contribution in [-0.2, 0) is 14.3 Å². The van der Waals surface area contributed by atoms with Crippen LogP contribution >= 0.6 is 0 Å². The Kier molecular flexibility index (Phi) is 5.88. The lowest BCUT2D eigenvalue weighted by Gasteiger charge is -2.09. The summed E-state index contributed by atoms with van der Waals surface area (Å²) in [4.78, 5) is 21.7. The van der Waals surface area contributed by atoms with Crippen molar-refractivity contribution < 1.29 is 19.4 Å². The van der Waals surface area contributed by atoms with Gasteiger partial charge in [0.05, 0.1) is 6.61 Å². The van der Waals surface area contributed by atoms with Crippen LogP contribution in [0.5, 0.6) is 0 Å². The smallest absolute Gasteiger partial charge is 0.316 e. The number of carbonyl (C=O) groups is 2. The highest BCUT2D eigenvalue weighted by atomic mass is 16.5. The van der Waals surface area contributed by atoms with Gasteiger partial charge in [-0.05, 0) is 6.42 Å². The van der Waals surface area contributed by atoms with E-state index < -0.39 is 17.8 Å². The van der Waals surface area contributed by atoms with Crippen LogP contribution in [0, 0.1) is 5.92 Å². The molecule has 0 saturated carbocycles. The van der Waals surface area contributed by atoms with Crippen LogP contribution in [0.2, 0.25) is 0 Å². The van der Waals surface area contributed by atoms with Crippen LogP contribution in [-0.4, -0.2) is 37.2 Å². The molecule has 0 saturated heterocycles. The number of carboxylic acids is 1. The van der Waals surface area contributed by atoms with Gasteiger partial charge in [0.1, 0.15) is 5.92 Å². The van der Waals surface area contributed by atoms with Crippen LogP contribution in [0.15, 0.2) is 0 Å². The molecule has 76 valence electrons. The van der Waals surface area contributed by atoms with Crippen molar-refractivity contribution in [2.75, 3.05) is 20.3 Å². The maximum Gasteiger partial charge on any atom is 0.316 e. The number of methoxy groups -OCH3 is 1. The molecule has 0 spiro atoms. The number of aliphatic carboxylic acids is 1. The van der Waals surface area contributed by atoms with Crippen molar-refractivity contribution in [1.82, 2.24) is 5.32 Å². The Bertz CT molecular complexity index is 181. The lowest BCUT2D eigenvalue weighted by atomic mass is 10.1. The molecule has 0 bridgehead atoms. The maximum atomic E-state index is 11.1. The Balaban J connectivity index is 3.85. The fraction of sp³-hybridized carbons (Fsp3) is 0.750. The van der Waals surface area contributed by atoms with Gasteiger partial charge in [0.15, 0.2) is 0 Å². The van der Waals surface area contributed by atoms with Gasteiger partial charge in [0.25, 0.3) is 0 Å². The van der Waals surface area contributed by atoms with Crippen molar-refractivity contribution in [3.05, 3.63) is 0 Å². The van der Waals surface area contributed by atoms with Crippen molar-refractivity contribution in [2.45, 2.75) is 13.3 Å². The van der Waals surface area contributed by atoms with E-state index >= 15 is 0 Å². The van der Waals surface area contributed by atoms with Gasteiger partial charge in [-0.15, -0.1) is 0 Å². The fourth-order valence-electron chi connectivity index (χ4n) is 0.872. The maximum absolute atomic E-state index is 11.1. The van der Waals surface area contributed by atoms with E-state index in [4.69, 9.17) is 9.84 Å². The van der Waals surface area contributed by atoms with Gasteiger partial charge in [-0.1, -0.05) is 6.92 Å². The van der Waals surface area contributed by atoms with E-state index in [0.717, 1.165) is 0 Å². The molecule has 0 aliphatic heterocycles. The van der Waals surface area contributed by atoms with Gasteiger partial charge in [-0.25, -0.2) is 0 Å². The zero-order valence-electron chi connectivity index (χ0n) is 7.87. The van der Waals surface area contributed by atoms with E-state index in [9.17, 15) is 9.59 Å². The van der Waals surface area contributed by atoms with Gasteiger partial charge in [0, 0.05) is 13.7 Å². The molecular weight excluding hydrogens is 174 g/mol. The molecule has 0 aliphatic rings. The van der Waals surface area contributed by atoms with E-state index in [1.807, 2.05) is 0 Å². The second-order valence-corrected chi connectivity index (χ2v) is 2.58. The number of nitrogens with one attached hydrogen (secondary N) is 1. The average molecular weight is 189 g/mol. The Morgan fingerprint density at radius 3 is 2.54 bits per heavy atom. The molecule has 0 heterocycles. The summed E-state index contributed by atoms with van der Waals surface area (Å²) in [6.07, 6.45) is 0.300. The van der Waals surface area contributed by atoms with Crippen molar-refractivity contribution >= 4 is 11.9 Å². The Labute approximate surface area is 77.1 Å². The molecule has 0 aromatic heterocycles. The van der Waals surface area contributed by atoms with E-state index in [2.05, 4.69) is 5.32 Å². The largest absolute Gasteiger partial charge is 0.481 e. The van der Waals surface area contributed by atoms with Crippen molar-refractivity contribution in [2.24, 2.45) is 5.92 Å². The molecule has 2 N–H and O–H groups in total. The van der Waals surface area contributed by atoms with Gasteiger partial charge in [-0.2, -0.15) is 0 Å². The Morgan fingerprint density at radius 2 is 2.15 bits per heavy atom. The molecule has 0 aliphatic carbocycles. The monoisotopic (exact) mass is 189 g/mol. The molecule has 0 aromatic carbocycles. The van der Waals surface area contributed by atoms with Gasteiger partial charge < -0.3 is 15.2 Å². The molecular formula is C8H15NO4. The second kappa shape index (κ2) is 6.42. The van der Waals surface area contributed by atoms with Crippen molar-refractivity contribution in [1.29, 1.82) is 0 Å². The summed E-state index contributed by atoms with van der Waals surface area (Å²) in [5, 5.41) is 11.1. The first-order valence-electron chi connectivity index (χ1n) is 4.13. The van der Waals surface area contributed by atoms with E-state index in [1.165, 1.54) is 7.11 Å². The number of hydrogen-bond donors (Lipinski definition) is 2. The number of rotatable bonds is 6. The molecule has 1 unspecified atom stereocenters. The molecule has 13 heavy (non-hydrogen) atoms. The average Bonchev–Trinajstić information content (AvgIpc) is 2.05. The summed E-state index contributed by atoms with van der Waals surface area (Å²) in [7, 11) is 1.51. The van der Waals surface area contributed by atoms with E-state index in [0.29, 0.717) is 19.6 Å². The highest BCUT2D eigenvalue weighted by Crippen LogP contribution is 2.01. The highest BCUT2D eigenvalue weighted by molar-refractivity contribution is 5.96. The predicted molar refractivity (Wildman–Crippen MR) is 46.3 cm³/mol. The summed E-state index contributed by atoms with van der Waals surface area (Å²) in [6, 6.07) is 0. The minimum atomic E-state index is -1.09. The molecule has 1 atom stereocenters. The topological polar surface area (TPSA) is 75.6 Å². The van der Waals surface area contributed by atoms with Crippen molar-refractivity contribution in [3.8, 4) is 0 Å². The highest BCUT2D eigenvalue weighted by Gasteiger charge is 2.23. The standard InChI is InChI=1S/C8H15NO4/c1-3-6(8(11)12)7(10)9-4-5-13-2/h6H,3-5H2,1-2H3,(H,9,10)(H,11,12). The summed E-state index contributed by atoms with van der Waals surface area (Å²) >= 11 is 0. The first-order chi connectivity index (χ1) is 6.13. The normalized spacial score (nSPS) is 12.2. The number of carboxylic acid groups (broad SMARTS) is 1. The van der Waals surface area contributed by atoms with Crippen LogP contribution in [0.1, 0.15) is 13.3 Å². The second-order valence-electron chi connectivity index (χ2n) is 2.58. The molecule has 0 rings (SSSR count). The SMILES string of the molecule is CCC(C(=O)O)C(=O)NCCOC. The summed E-state index contributed by atoms with van der Waals surface area (Å²) in [5.41, 5.74) is 0. The fourth-order valence-corrected chi connectivity index (χ4v) is 0.872. The summed E-state index contributed by atoms with van der Waals surface area (Å²) < 4.78 is 4.70. The number of amides is 1. The number of carbonyl (C=O) groups excluding carboxylic acids is 1. The van der Waals surface area contributed by atoms with Crippen LogP contribution < -0.4 is 5.32 Å². The summed E-state index contributed by atoms with van der Waals surface area (Å²) in [6.45, 7) is 2.40. The summed E-state index contributed by atoms with van der Waals surface area (Å²) in [5.74, 6) is -2.48. The Hall–Kier alpha value is -1.10. The first kappa shape index (κ1) is 11.9. The van der Waals surface area contributed by atoms with Crippen LogP contribution in [0.3, 0.4) is 0 Å². The third-order valence-corrected chi connectivity index (χ3v) is 1.63. The number of ether oxygens (including phenoxy) is 1. The van der Waals surface area contributed by atoms with Crippen LogP contribution in [0.25, 0.3) is 0 Å². The molecule has 0 aromatic rings. The molecule has 0 radical (unpaired) electrons. The van der Waals surface area contributed by atoms with Gasteiger partial charge >= 0.3 is 5.97 Å². The van der Waals surface area contributed by atoms with E-state index in [-0.39, 0.29) is 0 Å². The third kappa shape index (κ3) is 4.47. The first-order valence-corrected chi connectivity index (χ1v) is 4.13. The lowest BCUT2D eigenvalue weighted by molar-refractivity contribution is -0.147. The molecule has 5 nitrogen and oxygen atoms in total. The zero-order chi connectivity index (χ0) is 10.3. The van der Waals surface area contributed by atoms with Gasteiger partial charge in [-0.3, -0.25) is 9.59 Å². The van der Waals surface area contributed by atoms with Crippen LogP contribution in [0.4, 0.5) is 0 Å². The molecule has 0 fully saturated rings. The predicted octanol–water partition coefficient (Wildman–Crippen LogP) is -0.140. The van der Waals surface area contributed by atoms with Crippen molar-refractivity contribution in [3.63, 3.8) is 0 Å². The Morgan fingerprint density at radius 1 is 1.54 bits per heavy atom. The number of hydrogen-bond acceptors (Lipinski definition) is 3. The zero-order valence-corrected chi connectivity index (χ0v) is 7.87. The lowest BCUT2D eigenvalue weighted by Crippen LogP contribution is -2.36. The van der Waals surface area contributed by atoms with Gasteiger partial charge in [0.2, 0.25) is 5.91 Å². The minimum absolute atomic E-state index is 0.300. The van der Waals surface area contributed by atoms with E-state index in [1.54, 1.807) is 6.92 Å². The quantitative estimate of drug-likeness (QED) is 0.450.